The SMILES string of the molecule is COc1ccc([C@H](NC(=O)[C@H](CCC(=O)O)NC(=O)c2cccc(Cl)c2)C(=O)N[C@H](C(=O)C(F)(F)F)C(C)C)cc1. The van der Waals surface area contributed by atoms with Crippen LogP contribution in [0.1, 0.15) is 48.7 Å². The molecule has 0 aliphatic heterocycles. The number of carboxylic acid groups (broad SMARTS) is 1. The molecule has 0 aliphatic carbocycles. The topological polar surface area (TPSA) is 151 Å². The van der Waals surface area contributed by atoms with Crippen molar-refractivity contribution in [2.75, 3.05) is 7.11 Å². The molecule has 3 atom stereocenters. The molecule has 0 bridgehead atoms. The highest BCUT2D eigenvalue weighted by molar-refractivity contribution is 6.31. The highest BCUT2D eigenvalue weighted by atomic mass is 35.5. The number of amides is 3. The zero-order valence-corrected chi connectivity index (χ0v) is 23.0. The number of carboxylic acids is 1. The lowest BCUT2D eigenvalue weighted by molar-refractivity contribution is -0.175. The summed E-state index contributed by atoms with van der Waals surface area (Å²) in [5.74, 6) is -6.93. The summed E-state index contributed by atoms with van der Waals surface area (Å²) in [6, 6.07) is 6.29. The number of methoxy groups -OCH3 is 1. The molecular formula is C27H29ClF3N3O7. The van der Waals surface area contributed by atoms with Crippen molar-refractivity contribution >= 4 is 41.1 Å². The number of benzene rings is 2. The van der Waals surface area contributed by atoms with E-state index in [9.17, 15) is 37.1 Å². The molecule has 14 heteroatoms. The number of aliphatic carboxylic acids is 1. The number of ketones is 1. The minimum atomic E-state index is -5.23. The van der Waals surface area contributed by atoms with Gasteiger partial charge in [0.25, 0.3) is 11.7 Å². The Bertz CT molecular complexity index is 1270. The molecule has 2 rings (SSSR count). The smallest absolute Gasteiger partial charge is 0.452 e. The third-order valence-electron chi connectivity index (χ3n) is 5.88. The number of carbonyl (C=O) groups excluding carboxylic acids is 4. The Labute approximate surface area is 238 Å². The number of carbonyl (C=O) groups is 5. The molecule has 0 radical (unpaired) electrons. The van der Waals surface area contributed by atoms with Gasteiger partial charge in [0.15, 0.2) is 0 Å². The van der Waals surface area contributed by atoms with Crippen LogP contribution in [-0.2, 0) is 19.2 Å². The average molecular weight is 600 g/mol. The summed E-state index contributed by atoms with van der Waals surface area (Å²) in [7, 11) is 1.38. The maximum Gasteiger partial charge on any atom is 0.452 e. The zero-order chi connectivity index (χ0) is 30.9. The van der Waals surface area contributed by atoms with E-state index < -0.39 is 66.1 Å². The molecule has 0 saturated heterocycles. The summed E-state index contributed by atoms with van der Waals surface area (Å²) in [5.41, 5.74) is 0.178. The fourth-order valence-electron chi connectivity index (χ4n) is 3.70. The zero-order valence-electron chi connectivity index (χ0n) is 22.3. The van der Waals surface area contributed by atoms with Crippen LogP contribution in [0.25, 0.3) is 0 Å². The number of rotatable bonds is 13. The lowest BCUT2D eigenvalue weighted by Crippen LogP contribution is -2.54. The van der Waals surface area contributed by atoms with E-state index in [1.807, 2.05) is 0 Å². The minimum Gasteiger partial charge on any atom is -0.497 e. The van der Waals surface area contributed by atoms with Gasteiger partial charge in [-0.25, -0.2) is 0 Å². The number of nitrogens with one attached hydrogen (secondary N) is 3. The Morgan fingerprint density at radius 3 is 2.10 bits per heavy atom. The minimum absolute atomic E-state index is 0.0699. The van der Waals surface area contributed by atoms with E-state index in [0.29, 0.717) is 5.75 Å². The second-order valence-corrected chi connectivity index (χ2v) is 9.71. The summed E-state index contributed by atoms with van der Waals surface area (Å²) in [4.78, 5) is 62.6. The average Bonchev–Trinajstić information content (AvgIpc) is 2.91. The molecule has 41 heavy (non-hydrogen) atoms. The van der Waals surface area contributed by atoms with Gasteiger partial charge in [0.05, 0.1) is 13.2 Å². The first-order valence-electron chi connectivity index (χ1n) is 12.3. The maximum absolute atomic E-state index is 13.3. The molecule has 2 aromatic rings. The largest absolute Gasteiger partial charge is 0.497 e. The first-order chi connectivity index (χ1) is 19.1. The molecule has 0 heterocycles. The highest BCUT2D eigenvalue weighted by Gasteiger charge is 2.45. The molecule has 0 aromatic heterocycles. The Balaban J connectivity index is 2.40. The van der Waals surface area contributed by atoms with Gasteiger partial charge in [0.2, 0.25) is 11.8 Å². The lowest BCUT2D eigenvalue weighted by atomic mass is 9.97. The Morgan fingerprint density at radius 2 is 1.59 bits per heavy atom. The first-order valence-corrected chi connectivity index (χ1v) is 12.7. The van der Waals surface area contributed by atoms with Crippen molar-refractivity contribution in [2.45, 2.75) is 51.0 Å². The number of ether oxygens (including phenoxy) is 1. The van der Waals surface area contributed by atoms with Crippen molar-refractivity contribution in [2.24, 2.45) is 5.92 Å². The van der Waals surface area contributed by atoms with Crippen LogP contribution in [0.5, 0.6) is 5.75 Å². The van der Waals surface area contributed by atoms with Gasteiger partial charge in [-0.05, 0) is 48.2 Å². The van der Waals surface area contributed by atoms with Gasteiger partial charge in [0.1, 0.15) is 17.8 Å². The molecule has 222 valence electrons. The molecule has 0 unspecified atom stereocenters. The van der Waals surface area contributed by atoms with Crippen molar-refractivity contribution in [3.63, 3.8) is 0 Å². The van der Waals surface area contributed by atoms with Crippen LogP contribution in [-0.4, -0.2) is 60.0 Å². The molecule has 0 fully saturated rings. The van der Waals surface area contributed by atoms with Crippen molar-refractivity contribution in [3.05, 3.63) is 64.7 Å². The molecule has 3 amide bonds. The van der Waals surface area contributed by atoms with Crippen LogP contribution in [0.4, 0.5) is 13.2 Å². The van der Waals surface area contributed by atoms with Crippen molar-refractivity contribution in [3.8, 4) is 5.75 Å². The number of Topliss-reactive ketones (excluding diaryl/α,β-unsaturated/α-hetero) is 1. The van der Waals surface area contributed by atoms with Gasteiger partial charge in [-0.3, -0.25) is 24.0 Å². The van der Waals surface area contributed by atoms with Crippen molar-refractivity contribution in [1.29, 1.82) is 0 Å². The summed E-state index contributed by atoms with van der Waals surface area (Å²) >= 11 is 5.91. The van der Waals surface area contributed by atoms with Crippen molar-refractivity contribution in [1.82, 2.24) is 16.0 Å². The van der Waals surface area contributed by atoms with E-state index in [0.717, 1.165) is 0 Å². The summed E-state index contributed by atoms with van der Waals surface area (Å²) < 4.78 is 44.6. The number of hydrogen-bond donors (Lipinski definition) is 4. The quantitative estimate of drug-likeness (QED) is 0.275. The van der Waals surface area contributed by atoms with Gasteiger partial charge in [-0.2, -0.15) is 13.2 Å². The second-order valence-electron chi connectivity index (χ2n) is 9.28. The molecule has 4 N–H and O–H groups in total. The van der Waals surface area contributed by atoms with Crippen LogP contribution in [0, 0.1) is 5.92 Å². The normalized spacial score (nSPS) is 13.5. The fraction of sp³-hybridized carbons (Fsp3) is 0.370. The summed E-state index contributed by atoms with van der Waals surface area (Å²) in [6.45, 7) is 2.62. The molecule has 0 saturated carbocycles. The van der Waals surface area contributed by atoms with E-state index in [4.69, 9.17) is 21.4 Å². The second kappa shape index (κ2) is 14.5. The first kappa shape index (κ1) is 33.1. The van der Waals surface area contributed by atoms with Gasteiger partial charge in [-0.15, -0.1) is 0 Å². The maximum atomic E-state index is 13.3. The third kappa shape index (κ3) is 9.78. The third-order valence-corrected chi connectivity index (χ3v) is 6.11. The highest BCUT2D eigenvalue weighted by Crippen LogP contribution is 2.23. The van der Waals surface area contributed by atoms with Gasteiger partial charge >= 0.3 is 12.1 Å². The van der Waals surface area contributed by atoms with E-state index in [1.165, 1.54) is 69.5 Å². The fourth-order valence-corrected chi connectivity index (χ4v) is 3.89. The standard InChI is InChI=1S/C27H29ClF3N3O7/c1-14(2)21(23(37)27(29,30)31)33-26(40)22(15-7-9-18(41-3)10-8-15)34-25(39)19(11-12-20(35)36)32-24(38)16-5-4-6-17(28)13-16/h4-10,13-14,19,21-22H,11-12H2,1-3H3,(H,32,38)(H,33,40)(H,34,39)(H,35,36)/t19-,21-,22-/m0/s1. The summed E-state index contributed by atoms with van der Waals surface area (Å²) in [6.07, 6.45) is -6.15. The predicted octanol–water partition coefficient (Wildman–Crippen LogP) is 3.44. The van der Waals surface area contributed by atoms with Crippen LogP contribution < -0.4 is 20.7 Å². The monoisotopic (exact) mass is 599 g/mol. The molecule has 2 aromatic carbocycles. The van der Waals surface area contributed by atoms with Crippen LogP contribution in [0.15, 0.2) is 48.5 Å². The van der Waals surface area contributed by atoms with Gasteiger partial charge in [-0.1, -0.05) is 43.6 Å². The van der Waals surface area contributed by atoms with Crippen LogP contribution in [0.3, 0.4) is 0 Å². The molecule has 0 spiro atoms. The Kier molecular flexibility index (Phi) is 11.7. The number of halogens is 4. The van der Waals surface area contributed by atoms with E-state index in [2.05, 4.69) is 16.0 Å². The van der Waals surface area contributed by atoms with Gasteiger partial charge < -0.3 is 25.8 Å². The molecule has 0 aliphatic rings. The predicted molar refractivity (Wildman–Crippen MR) is 141 cm³/mol. The van der Waals surface area contributed by atoms with Crippen LogP contribution in [0.2, 0.25) is 5.02 Å². The lowest BCUT2D eigenvalue weighted by Gasteiger charge is -2.27. The molecular weight excluding hydrogens is 571 g/mol. The van der Waals surface area contributed by atoms with Gasteiger partial charge in [0, 0.05) is 17.0 Å². The van der Waals surface area contributed by atoms with E-state index in [1.54, 1.807) is 0 Å². The summed E-state index contributed by atoms with van der Waals surface area (Å²) in [5, 5.41) is 16.2. The van der Waals surface area contributed by atoms with E-state index in [-0.39, 0.29) is 22.6 Å². The Hall–Kier alpha value is -4.13. The number of alkyl halides is 3. The van der Waals surface area contributed by atoms with Crippen molar-refractivity contribution < 1.29 is 47.0 Å². The van der Waals surface area contributed by atoms with E-state index >= 15 is 0 Å². The number of hydrogen-bond acceptors (Lipinski definition) is 6. The Morgan fingerprint density at radius 1 is 0.951 bits per heavy atom. The van der Waals surface area contributed by atoms with Crippen LogP contribution >= 0.6 is 11.6 Å². The molecule has 10 nitrogen and oxygen atoms in total.